The van der Waals surface area contributed by atoms with E-state index in [0.717, 1.165) is 16.8 Å². The number of fused-ring (bicyclic) bond motifs is 1. The van der Waals surface area contributed by atoms with E-state index in [4.69, 9.17) is 5.73 Å². The molecule has 34 heavy (non-hydrogen) atoms. The summed E-state index contributed by atoms with van der Waals surface area (Å²) in [6.45, 7) is 3.63. The first-order valence-corrected chi connectivity index (χ1v) is 10.7. The van der Waals surface area contributed by atoms with Crippen LogP contribution in [-0.4, -0.2) is 25.0 Å². The number of para-hydroxylation sites is 1. The van der Waals surface area contributed by atoms with Gasteiger partial charge in [-0.25, -0.2) is 14.2 Å². The number of benzene rings is 3. The highest BCUT2D eigenvalue weighted by Gasteiger charge is 2.20. The summed E-state index contributed by atoms with van der Waals surface area (Å²) in [5.74, 6) is -1.03. The molecule has 0 aliphatic heterocycles. The van der Waals surface area contributed by atoms with Crippen LogP contribution in [0.5, 0.6) is 0 Å². The van der Waals surface area contributed by atoms with E-state index >= 15 is 0 Å². The van der Waals surface area contributed by atoms with Crippen molar-refractivity contribution in [3.63, 3.8) is 0 Å². The van der Waals surface area contributed by atoms with Crippen LogP contribution in [0.2, 0.25) is 0 Å². The maximum absolute atomic E-state index is 13.9. The number of carbonyl (C=O) groups is 1. The molecule has 5 rings (SSSR count). The number of primary amides is 1. The summed E-state index contributed by atoms with van der Waals surface area (Å²) in [5, 5.41) is 0. The van der Waals surface area contributed by atoms with E-state index in [1.54, 1.807) is 35.2 Å². The molecule has 2 aromatic heterocycles. The molecule has 0 atom stereocenters. The van der Waals surface area contributed by atoms with E-state index in [9.17, 15) is 14.0 Å². The van der Waals surface area contributed by atoms with Gasteiger partial charge in [-0.2, -0.15) is 0 Å². The van der Waals surface area contributed by atoms with Gasteiger partial charge in [-0.05, 0) is 61.4 Å². The number of hydrogen-bond acceptors (Lipinski definition) is 3. The number of carbonyl (C=O) groups excluding carboxylic acids is 1. The van der Waals surface area contributed by atoms with Crippen LogP contribution in [0.15, 0.2) is 65.5 Å². The van der Waals surface area contributed by atoms with Crippen LogP contribution in [0.3, 0.4) is 0 Å². The lowest BCUT2D eigenvalue weighted by molar-refractivity contribution is 0.0991. The van der Waals surface area contributed by atoms with Crippen molar-refractivity contribution in [2.75, 3.05) is 0 Å². The van der Waals surface area contributed by atoms with E-state index in [-0.39, 0.29) is 17.3 Å². The highest BCUT2D eigenvalue weighted by molar-refractivity contribution is 5.93. The summed E-state index contributed by atoms with van der Waals surface area (Å²) >= 11 is 0. The number of H-pyrrole nitrogens is 1. The van der Waals surface area contributed by atoms with Crippen LogP contribution < -0.4 is 11.4 Å². The maximum atomic E-state index is 13.9. The second-order valence-electron chi connectivity index (χ2n) is 8.30. The minimum Gasteiger partial charge on any atom is -0.363 e. The monoisotopic (exact) mass is 455 g/mol. The fourth-order valence-corrected chi connectivity index (χ4v) is 4.24. The summed E-state index contributed by atoms with van der Waals surface area (Å²) in [6, 6.07) is 17.9. The number of rotatable bonds is 4. The van der Waals surface area contributed by atoms with Gasteiger partial charge in [-0.15, -0.1) is 0 Å². The van der Waals surface area contributed by atoms with Gasteiger partial charge in [0.25, 0.3) is 5.91 Å². The third kappa shape index (κ3) is 3.31. The van der Waals surface area contributed by atoms with Crippen molar-refractivity contribution in [2.45, 2.75) is 13.8 Å². The van der Waals surface area contributed by atoms with Gasteiger partial charge in [-0.1, -0.05) is 24.3 Å². The fraction of sp³-hybridized carbons (Fsp3) is 0.115. The molecule has 0 saturated carbocycles. The Hall–Kier alpha value is -4.46. The zero-order chi connectivity index (χ0) is 24.1. The number of amides is 1. The van der Waals surface area contributed by atoms with Crippen LogP contribution in [-0.2, 0) is 7.05 Å². The Bertz CT molecular complexity index is 1660. The van der Waals surface area contributed by atoms with Gasteiger partial charge < -0.3 is 10.7 Å². The Labute approximate surface area is 194 Å². The Morgan fingerprint density at radius 1 is 0.971 bits per heavy atom. The first-order valence-electron chi connectivity index (χ1n) is 10.7. The minimum atomic E-state index is -0.703. The number of aromatic amines is 1. The number of nitrogens with one attached hydrogen (secondary N) is 1. The number of hydrogen-bond donors (Lipinski definition) is 2. The summed E-state index contributed by atoms with van der Waals surface area (Å²) in [7, 11) is 1.72. The summed E-state index contributed by atoms with van der Waals surface area (Å²) in [4.78, 5) is 32.4. The molecule has 8 heteroatoms. The largest absolute Gasteiger partial charge is 0.363 e. The van der Waals surface area contributed by atoms with Crippen molar-refractivity contribution in [3.05, 3.63) is 93.9 Å². The van der Waals surface area contributed by atoms with Crippen LogP contribution >= 0.6 is 0 Å². The predicted octanol–water partition coefficient (Wildman–Crippen LogP) is 4.24. The summed E-state index contributed by atoms with van der Waals surface area (Å²) < 4.78 is 17.1. The molecule has 3 N–H and O–H groups in total. The number of aromatic nitrogens is 4. The number of halogens is 1. The summed E-state index contributed by atoms with van der Waals surface area (Å²) in [6.07, 6.45) is 0. The third-order valence-electron chi connectivity index (χ3n) is 6.07. The highest BCUT2D eigenvalue weighted by Crippen LogP contribution is 2.33. The molecule has 0 spiro atoms. The van der Waals surface area contributed by atoms with Gasteiger partial charge in [0.05, 0.1) is 28.1 Å². The predicted molar refractivity (Wildman–Crippen MR) is 129 cm³/mol. The molecule has 0 radical (unpaired) electrons. The number of aryl methyl sites for hydroxylation is 3. The zero-order valence-corrected chi connectivity index (χ0v) is 18.9. The van der Waals surface area contributed by atoms with Crippen molar-refractivity contribution in [1.82, 2.24) is 19.1 Å². The normalized spacial score (nSPS) is 11.3. The van der Waals surface area contributed by atoms with Gasteiger partial charge in [0.2, 0.25) is 0 Å². The van der Waals surface area contributed by atoms with Gasteiger partial charge >= 0.3 is 5.69 Å². The zero-order valence-electron chi connectivity index (χ0n) is 18.9. The molecular weight excluding hydrogens is 433 g/mol. The fourth-order valence-electron chi connectivity index (χ4n) is 4.24. The van der Waals surface area contributed by atoms with Crippen molar-refractivity contribution in [1.29, 1.82) is 0 Å². The molecule has 7 nitrogen and oxygen atoms in total. The van der Waals surface area contributed by atoms with E-state index < -0.39 is 5.91 Å². The number of imidazole rings is 2. The number of nitrogens with zero attached hydrogens (tertiary/aromatic N) is 3. The van der Waals surface area contributed by atoms with E-state index in [2.05, 4.69) is 9.97 Å². The van der Waals surface area contributed by atoms with Crippen LogP contribution in [0.25, 0.3) is 39.2 Å². The Morgan fingerprint density at radius 3 is 2.41 bits per heavy atom. The van der Waals surface area contributed by atoms with Crippen LogP contribution in [0.1, 0.15) is 21.7 Å². The quantitative estimate of drug-likeness (QED) is 0.424. The first-order chi connectivity index (χ1) is 16.3. The van der Waals surface area contributed by atoms with Crippen molar-refractivity contribution >= 4 is 16.9 Å². The smallest absolute Gasteiger partial charge is 0.333 e. The lowest BCUT2D eigenvalue weighted by atomic mass is 10.0. The second-order valence-corrected chi connectivity index (χ2v) is 8.30. The Morgan fingerprint density at radius 2 is 1.71 bits per heavy atom. The molecular formula is C26H22FN5O2. The van der Waals surface area contributed by atoms with Crippen LogP contribution in [0, 0.1) is 19.7 Å². The molecule has 0 bridgehead atoms. The molecule has 0 saturated heterocycles. The molecule has 3 aromatic carbocycles. The molecule has 0 aliphatic rings. The van der Waals surface area contributed by atoms with Gasteiger partial charge in [0.1, 0.15) is 5.82 Å². The SMILES string of the molecule is Cc1cc(-c2[nH]c(C(N)=O)nc2-c2ccc3c(c2)n(C)c(=O)n3-c2ccccc2C)ccc1F. The summed E-state index contributed by atoms with van der Waals surface area (Å²) in [5.41, 5.74) is 11.4. The molecule has 5 aromatic rings. The lowest BCUT2D eigenvalue weighted by Crippen LogP contribution is -2.21. The average molecular weight is 455 g/mol. The lowest BCUT2D eigenvalue weighted by Gasteiger charge is -2.08. The topological polar surface area (TPSA) is 98.7 Å². The van der Waals surface area contributed by atoms with Gasteiger partial charge in [0, 0.05) is 18.2 Å². The van der Waals surface area contributed by atoms with Crippen molar-refractivity contribution in [2.24, 2.45) is 12.8 Å². The minimum absolute atomic E-state index is 0.00144. The Kier molecular flexibility index (Phi) is 4.93. The molecule has 2 heterocycles. The third-order valence-corrected chi connectivity index (χ3v) is 6.07. The Balaban J connectivity index is 1.74. The van der Waals surface area contributed by atoms with Crippen molar-refractivity contribution in [3.8, 4) is 28.2 Å². The van der Waals surface area contributed by atoms with E-state index in [0.29, 0.717) is 33.6 Å². The number of nitrogens with two attached hydrogens (primary N) is 1. The standard InChI is InChI=1S/C26H22FN5O2/c1-14-6-4-5-7-19(14)32-20-11-9-17(13-21(20)31(3)26(32)34)23-22(29-25(30-23)24(28)33)16-8-10-18(27)15(2)12-16/h4-13H,1-3H3,(H2,28,33)(H,29,30). The molecule has 0 fully saturated rings. The molecule has 170 valence electrons. The van der Waals surface area contributed by atoms with Crippen LogP contribution in [0.4, 0.5) is 4.39 Å². The molecule has 0 unspecified atom stereocenters. The van der Waals surface area contributed by atoms with E-state index in [1.165, 1.54) is 6.07 Å². The second kappa shape index (κ2) is 7.84. The van der Waals surface area contributed by atoms with Gasteiger partial charge in [0.15, 0.2) is 5.82 Å². The average Bonchev–Trinajstić information content (AvgIpc) is 3.37. The highest BCUT2D eigenvalue weighted by atomic mass is 19.1. The van der Waals surface area contributed by atoms with E-state index in [1.807, 2.05) is 49.4 Å². The maximum Gasteiger partial charge on any atom is 0.333 e. The molecule has 1 amide bonds. The molecule has 0 aliphatic carbocycles. The van der Waals surface area contributed by atoms with Crippen molar-refractivity contribution < 1.29 is 9.18 Å². The van der Waals surface area contributed by atoms with Gasteiger partial charge in [-0.3, -0.25) is 13.9 Å². The first kappa shape index (κ1) is 21.4.